The zero-order valence-electron chi connectivity index (χ0n) is 24.2. The highest BCUT2D eigenvalue weighted by Crippen LogP contribution is 2.72. The van der Waals surface area contributed by atoms with Gasteiger partial charge < -0.3 is 24.1 Å². The molecule has 0 aromatic rings. The Morgan fingerprint density at radius 3 is 2.32 bits per heavy atom. The van der Waals surface area contributed by atoms with Gasteiger partial charge in [0.15, 0.2) is 5.79 Å². The second-order valence-corrected chi connectivity index (χ2v) is 14.5. The molecule has 0 aromatic carbocycles. The maximum Gasteiger partial charge on any atom is 0.303 e. The minimum Gasteiger partial charge on any atom is -0.462 e. The Kier molecular flexibility index (Phi) is 6.33. The zero-order chi connectivity index (χ0) is 27.3. The highest BCUT2D eigenvalue weighted by atomic mass is 16.7. The first-order chi connectivity index (χ1) is 17.8. The molecule has 6 fully saturated rings. The molecule has 4 aliphatic carbocycles. The van der Waals surface area contributed by atoms with E-state index in [1.807, 2.05) is 0 Å². The zero-order valence-corrected chi connectivity index (χ0v) is 24.2. The van der Waals surface area contributed by atoms with Crippen LogP contribution in [0.1, 0.15) is 99.3 Å². The highest BCUT2D eigenvalue weighted by Gasteiger charge is 2.72. The van der Waals surface area contributed by atoms with E-state index in [4.69, 9.17) is 18.9 Å². The second-order valence-electron chi connectivity index (χ2n) is 14.5. The maximum absolute atomic E-state index is 12.4. The third kappa shape index (κ3) is 3.69. The Morgan fingerprint density at radius 1 is 0.921 bits per heavy atom. The van der Waals surface area contributed by atoms with E-state index < -0.39 is 22.9 Å². The van der Waals surface area contributed by atoms with Gasteiger partial charge in [0.25, 0.3) is 0 Å². The molecule has 0 aromatic heterocycles. The van der Waals surface area contributed by atoms with Crippen molar-refractivity contribution in [3.05, 3.63) is 0 Å². The van der Waals surface area contributed by atoms with Crippen LogP contribution in [0.5, 0.6) is 0 Å². The van der Waals surface area contributed by atoms with Crippen molar-refractivity contribution in [2.45, 2.75) is 129 Å². The molecule has 13 atom stereocenters. The summed E-state index contributed by atoms with van der Waals surface area (Å²) in [4.78, 5) is 24.0. The molecule has 6 rings (SSSR count). The van der Waals surface area contributed by atoms with Crippen LogP contribution in [-0.2, 0) is 28.5 Å². The largest absolute Gasteiger partial charge is 0.462 e. The van der Waals surface area contributed by atoms with Crippen LogP contribution in [-0.4, -0.2) is 53.4 Å². The van der Waals surface area contributed by atoms with Crippen molar-refractivity contribution in [3.8, 4) is 0 Å². The quantitative estimate of drug-likeness (QED) is 0.499. The summed E-state index contributed by atoms with van der Waals surface area (Å²) in [5.41, 5.74) is -1.47. The second kappa shape index (κ2) is 8.91. The van der Waals surface area contributed by atoms with E-state index in [0.717, 1.165) is 51.6 Å². The van der Waals surface area contributed by atoms with Gasteiger partial charge in [0.2, 0.25) is 0 Å². The first kappa shape index (κ1) is 27.0. The van der Waals surface area contributed by atoms with Gasteiger partial charge in [-0.25, -0.2) is 0 Å². The lowest BCUT2D eigenvalue weighted by atomic mass is 9.42. The molecule has 1 N–H and O–H groups in total. The maximum atomic E-state index is 12.4. The number of carbonyl (C=O) groups is 2. The molecule has 2 heterocycles. The summed E-state index contributed by atoms with van der Waals surface area (Å²) >= 11 is 0. The Balaban J connectivity index is 1.30. The molecular formula is C31H48O7. The van der Waals surface area contributed by atoms with Gasteiger partial charge in [-0.15, -0.1) is 0 Å². The van der Waals surface area contributed by atoms with Gasteiger partial charge in [0.1, 0.15) is 17.8 Å². The van der Waals surface area contributed by atoms with Crippen molar-refractivity contribution in [3.63, 3.8) is 0 Å². The predicted octanol–water partition coefficient (Wildman–Crippen LogP) is 5.02. The van der Waals surface area contributed by atoms with Gasteiger partial charge in [-0.2, -0.15) is 0 Å². The molecule has 7 nitrogen and oxygen atoms in total. The standard InChI is InChI=1S/C31H48O7/c1-17-7-12-31(35-16-17)18(2)27-25(38-31)14-24-22-13-26(37-20(4)33)30(34)15-21(36-19(3)32)8-11-29(30,6)23(22)9-10-28(24,27)5/h17-18,21-27,34H,7-16H2,1-6H3. The van der Waals surface area contributed by atoms with E-state index in [-0.39, 0.29) is 29.6 Å². The SMILES string of the molecule is CC(=O)OC1CCC2(C)C3CCC4(C)C(CC5OC6(CCC(C)CO6)C(C)C54)C3CC(OC(C)=O)C2(O)C1. The fourth-order valence-corrected chi connectivity index (χ4v) is 10.9. The average molecular weight is 533 g/mol. The van der Waals surface area contributed by atoms with Crippen LogP contribution in [0.2, 0.25) is 0 Å². The molecule has 1 spiro atoms. The summed E-state index contributed by atoms with van der Waals surface area (Å²) in [7, 11) is 0. The molecule has 0 bridgehead atoms. The fourth-order valence-electron chi connectivity index (χ4n) is 10.9. The third-order valence-electron chi connectivity index (χ3n) is 12.7. The van der Waals surface area contributed by atoms with Crippen molar-refractivity contribution in [1.29, 1.82) is 0 Å². The van der Waals surface area contributed by atoms with Crippen LogP contribution < -0.4 is 0 Å². The number of hydrogen-bond donors (Lipinski definition) is 1. The van der Waals surface area contributed by atoms with Gasteiger partial charge in [-0.1, -0.05) is 27.7 Å². The van der Waals surface area contributed by atoms with Gasteiger partial charge in [0.05, 0.1) is 12.7 Å². The van der Waals surface area contributed by atoms with Gasteiger partial charge in [0, 0.05) is 38.0 Å². The molecule has 7 heteroatoms. The molecule has 13 unspecified atom stereocenters. The smallest absolute Gasteiger partial charge is 0.303 e. The van der Waals surface area contributed by atoms with Crippen LogP contribution in [0.25, 0.3) is 0 Å². The monoisotopic (exact) mass is 532 g/mol. The lowest BCUT2D eigenvalue weighted by molar-refractivity contribution is -0.281. The normalized spacial score (nSPS) is 55.4. The predicted molar refractivity (Wildman–Crippen MR) is 140 cm³/mol. The van der Waals surface area contributed by atoms with Gasteiger partial charge in [-0.3, -0.25) is 9.59 Å². The molecule has 4 saturated carbocycles. The van der Waals surface area contributed by atoms with E-state index in [2.05, 4.69) is 27.7 Å². The number of carbonyl (C=O) groups excluding carboxylic acids is 2. The van der Waals surface area contributed by atoms with Crippen LogP contribution in [0.15, 0.2) is 0 Å². The van der Waals surface area contributed by atoms with E-state index in [1.54, 1.807) is 0 Å². The molecule has 6 aliphatic rings. The molecule has 38 heavy (non-hydrogen) atoms. The summed E-state index contributed by atoms with van der Waals surface area (Å²) in [6.45, 7) is 13.0. The Morgan fingerprint density at radius 2 is 1.66 bits per heavy atom. The summed E-state index contributed by atoms with van der Waals surface area (Å²) in [5, 5.41) is 12.4. The van der Waals surface area contributed by atoms with Crippen LogP contribution >= 0.6 is 0 Å². The first-order valence-corrected chi connectivity index (χ1v) is 15.2. The van der Waals surface area contributed by atoms with Gasteiger partial charge in [-0.05, 0) is 80.0 Å². The van der Waals surface area contributed by atoms with E-state index >= 15 is 0 Å². The molecular weight excluding hydrogens is 484 g/mol. The number of hydrogen-bond acceptors (Lipinski definition) is 7. The summed E-state index contributed by atoms with van der Waals surface area (Å²) in [5.74, 6) is 1.45. The Labute approximate surface area is 227 Å². The van der Waals surface area contributed by atoms with Crippen molar-refractivity contribution in [2.75, 3.05) is 6.61 Å². The number of fused-ring (bicyclic) bond motifs is 7. The minimum atomic E-state index is -1.21. The molecule has 0 amide bonds. The number of aliphatic hydroxyl groups is 1. The molecule has 2 aliphatic heterocycles. The number of ether oxygens (including phenoxy) is 4. The third-order valence-corrected chi connectivity index (χ3v) is 12.7. The molecule has 0 radical (unpaired) electrons. The van der Waals surface area contributed by atoms with Crippen LogP contribution in [0.4, 0.5) is 0 Å². The van der Waals surface area contributed by atoms with Crippen molar-refractivity contribution in [2.24, 2.45) is 46.3 Å². The summed E-state index contributed by atoms with van der Waals surface area (Å²) in [6, 6.07) is 0. The average Bonchev–Trinajstić information content (AvgIpc) is 3.27. The lowest BCUT2D eigenvalue weighted by Gasteiger charge is -2.65. The van der Waals surface area contributed by atoms with Crippen molar-refractivity contribution >= 4 is 11.9 Å². The van der Waals surface area contributed by atoms with Crippen molar-refractivity contribution < 1.29 is 33.6 Å². The summed E-state index contributed by atoms with van der Waals surface area (Å²) < 4.78 is 24.9. The number of esters is 2. The van der Waals surface area contributed by atoms with Crippen LogP contribution in [0, 0.1) is 46.3 Å². The van der Waals surface area contributed by atoms with Crippen molar-refractivity contribution in [1.82, 2.24) is 0 Å². The Bertz CT molecular complexity index is 973. The fraction of sp³-hybridized carbons (Fsp3) is 0.935. The van der Waals surface area contributed by atoms with E-state index in [1.165, 1.54) is 13.8 Å². The van der Waals surface area contributed by atoms with E-state index in [9.17, 15) is 14.7 Å². The summed E-state index contributed by atoms with van der Waals surface area (Å²) in [6.07, 6.45) is 7.09. The Hall–Kier alpha value is -1.18. The number of rotatable bonds is 2. The first-order valence-electron chi connectivity index (χ1n) is 15.2. The highest BCUT2D eigenvalue weighted by molar-refractivity contribution is 5.66. The minimum absolute atomic E-state index is 0.142. The van der Waals surface area contributed by atoms with Gasteiger partial charge >= 0.3 is 11.9 Å². The topological polar surface area (TPSA) is 91.3 Å². The molecule has 214 valence electrons. The van der Waals surface area contributed by atoms with E-state index in [0.29, 0.717) is 48.3 Å². The molecule has 2 saturated heterocycles. The lowest BCUT2D eigenvalue weighted by Crippen LogP contribution is -2.69. The van der Waals surface area contributed by atoms with Crippen LogP contribution in [0.3, 0.4) is 0 Å².